The van der Waals surface area contributed by atoms with Crippen LogP contribution >= 0.6 is 12.2 Å². The fraction of sp³-hybridized carbons (Fsp3) is 0.217. The molecule has 0 aromatic carbocycles. The molecule has 0 bridgehead atoms. The van der Waals surface area contributed by atoms with Gasteiger partial charge in [0.05, 0.1) is 23.0 Å². The number of pyridine rings is 3. The standard InChI is InChI=1S/C23H20N8S/c24-12-17-7-10-27-20(11-17)30-13-23(14-30)15-31(16-23)22(32)29-28-21(18-5-1-3-8-25-18)19-6-2-4-9-26-19/h1-11H,13-16H2,(H,29,32). The fourth-order valence-corrected chi connectivity index (χ4v) is 4.29. The van der Waals surface area contributed by atoms with Crippen molar-refractivity contribution in [3.05, 3.63) is 84.1 Å². The van der Waals surface area contributed by atoms with E-state index in [1.54, 1.807) is 24.7 Å². The second kappa shape index (κ2) is 8.32. The Labute approximate surface area is 191 Å². The van der Waals surface area contributed by atoms with Crippen molar-refractivity contribution in [3.8, 4) is 6.07 Å². The van der Waals surface area contributed by atoms with Gasteiger partial charge < -0.3 is 9.80 Å². The zero-order valence-corrected chi connectivity index (χ0v) is 18.0. The number of hydrogen-bond acceptors (Lipinski definition) is 7. The topological polar surface area (TPSA) is 93.3 Å². The van der Waals surface area contributed by atoms with E-state index in [1.807, 2.05) is 42.5 Å². The highest BCUT2D eigenvalue weighted by Crippen LogP contribution is 2.41. The monoisotopic (exact) mass is 440 g/mol. The number of anilines is 1. The van der Waals surface area contributed by atoms with Crippen LogP contribution in [0.3, 0.4) is 0 Å². The van der Waals surface area contributed by atoms with E-state index in [1.165, 1.54) is 0 Å². The summed E-state index contributed by atoms with van der Waals surface area (Å²) in [6, 6.07) is 17.1. The lowest BCUT2D eigenvalue weighted by atomic mass is 9.73. The van der Waals surface area contributed by atoms with Crippen LogP contribution in [0.2, 0.25) is 0 Å². The Balaban J connectivity index is 1.21. The molecule has 5 heterocycles. The Morgan fingerprint density at radius 3 is 2.25 bits per heavy atom. The Morgan fingerprint density at radius 1 is 0.969 bits per heavy atom. The molecule has 0 amide bonds. The molecule has 9 heteroatoms. The van der Waals surface area contributed by atoms with Crippen LogP contribution in [0.15, 0.2) is 72.2 Å². The third kappa shape index (κ3) is 3.88. The van der Waals surface area contributed by atoms with Crippen molar-refractivity contribution in [1.29, 1.82) is 5.26 Å². The van der Waals surface area contributed by atoms with Gasteiger partial charge in [0.25, 0.3) is 0 Å². The minimum Gasteiger partial charge on any atom is -0.355 e. The molecule has 2 saturated heterocycles. The summed E-state index contributed by atoms with van der Waals surface area (Å²) in [4.78, 5) is 17.5. The van der Waals surface area contributed by atoms with E-state index in [0.29, 0.717) is 16.4 Å². The Bertz CT molecular complexity index is 1150. The SMILES string of the molecule is N#Cc1ccnc(N2CC3(CN(C(=S)NN=C(c4ccccn4)c4ccccn4)C3)C2)c1. The maximum Gasteiger partial charge on any atom is 0.189 e. The molecule has 0 aliphatic carbocycles. The minimum absolute atomic E-state index is 0.213. The Hall–Kier alpha value is -3.90. The summed E-state index contributed by atoms with van der Waals surface area (Å²) in [5.41, 5.74) is 5.96. The number of thiocarbonyl (C=S) groups is 1. The van der Waals surface area contributed by atoms with E-state index >= 15 is 0 Å². The number of nitrogens with zero attached hydrogens (tertiary/aromatic N) is 7. The lowest BCUT2D eigenvalue weighted by Crippen LogP contribution is -2.73. The molecule has 158 valence electrons. The molecular weight excluding hydrogens is 420 g/mol. The number of rotatable bonds is 4. The molecule has 0 radical (unpaired) electrons. The second-order valence-electron chi connectivity index (χ2n) is 8.03. The van der Waals surface area contributed by atoms with Gasteiger partial charge in [0.2, 0.25) is 0 Å². The lowest BCUT2D eigenvalue weighted by molar-refractivity contribution is 0.0283. The van der Waals surface area contributed by atoms with Gasteiger partial charge in [-0.15, -0.1) is 0 Å². The first-order chi connectivity index (χ1) is 15.7. The summed E-state index contributed by atoms with van der Waals surface area (Å²) in [7, 11) is 0. The summed E-state index contributed by atoms with van der Waals surface area (Å²) in [6.07, 6.45) is 5.15. The Morgan fingerprint density at radius 2 is 1.66 bits per heavy atom. The molecule has 2 aliphatic heterocycles. The maximum absolute atomic E-state index is 9.08. The highest BCUT2D eigenvalue weighted by Gasteiger charge is 2.52. The molecule has 0 saturated carbocycles. The Kier molecular flexibility index (Phi) is 5.21. The first-order valence-electron chi connectivity index (χ1n) is 10.2. The first kappa shape index (κ1) is 20.0. The number of hydrazone groups is 1. The van der Waals surface area contributed by atoms with Gasteiger partial charge in [-0.2, -0.15) is 10.4 Å². The summed E-state index contributed by atoms with van der Waals surface area (Å²) >= 11 is 5.58. The molecule has 3 aromatic heterocycles. The normalized spacial score (nSPS) is 15.8. The van der Waals surface area contributed by atoms with E-state index in [9.17, 15) is 0 Å². The van der Waals surface area contributed by atoms with E-state index in [2.05, 4.69) is 41.3 Å². The van der Waals surface area contributed by atoms with Crippen molar-refractivity contribution in [2.24, 2.45) is 10.5 Å². The van der Waals surface area contributed by atoms with Crippen molar-refractivity contribution in [2.75, 3.05) is 31.1 Å². The van der Waals surface area contributed by atoms with Gasteiger partial charge in [0, 0.05) is 50.2 Å². The summed E-state index contributed by atoms with van der Waals surface area (Å²) in [5, 5.41) is 14.2. The quantitative estimate of drug-likeness (QED) is 0.375. The van der Waals surface area contributed by atoms with Crippen LogP contribution in [0.25, 0.3) is 0 Å². The van der Waals surface area contributed by atoms with Crippen molar-refractivity contribution in [3.63, 3.8) is 0 Å². The van der Waals surface area contributed by atoms with Crippen molar-refractivity contribution in [2.45, 2.75) is 0 Å². The first-order valence-corrected chi connectivity index (χ1v) is 10.6. The van der Waals surface area contributed by atoms with Gasteiger partial charge in [-0.1, -0.05) is 12.1 Å². The number of nitrogens with one attached hydrogen (secondary N) is 1. The van der Waals surface area contributed by atoms with Crippen LogP contribution < -0.4 is 10.3 Å². The number of likely N-dealkylation sites (tertiary alicyclic amines) is 1. The summed E-state index contributed by atoms with van der Waals surface area (Å²) in [6.45, 7) is 3.55. The van der Waals surface area contributed by atoms with Gasteiger partial charge >= 0.3 is 0 Å². The van der Waals surface area contributed by atoms with Crippen molar-refractivity contribution in [1.82, 2.24) is 25.3 Å². The minimum atomic E-state index is 0.213. The number of nitriles is 1. The summed E-state index contributed by atoms with van der Waals surface area (Å²) in [5.74, 6) is 0.855. The van der Waals surface area contributed by atoms with Gasteiger partial charge in [0.15, 0.2) is 5.11 Å². The zero-order valence-electron chi connectivity index (χ0n) is 17.2. The zero-order chi connectivity index (χ0) is 22.0. The van der Waals surface area contributed by atoms with Gasteiger partial charge in [0.1, 0.15) is 11.5 Å². The molecular formula is C23H20N8S. The van der Waals surface area contributed by atoms with Crippen molar-refractivity contribution >= 4 is 28.9 Å². The second-order valence-corrected chi connectivity index (χ2v) is 8.42. The molecule has 5 rings (SSSR count). The molecule has 2 aliphatic rings. The van der Waals surface area contributed by atoms with Gasteiger partial charge in [-0.05, 0) is 48.6 Å². The van der Waals surface area contributed by atoms with Crippen LogP contribution in [0.5, 0.6) is 0 Å². The van der Waals surface area contributed by atoms with Crippen LogP contribution in [0, 0.1) is 16.7 Å². The molecule has 8 nitrogen and oxygen atoms in total. The number of aromatic nitrogens is 3. The van der Waals surface area contributed by atoms with E-state index < -0.39 is 0 Å². The largest absolute Gasteiger partial charge is 0.355 e. The van der Waals surface area contributed by atoms with Crippen molar-refractivity contribution < 1.29 is 0 Å². The van der Waals surface area contributed by atoms with Crippen LogP contribution in [0.4, 0.5) is 5.82 Å². The molecule has 0 unspecified atom stereocenters. The average molecular weight is 441 g/mol. The third-order valence-corrected chi connectivity index (χ3v) is 6.02. The molecule has 1 N–H and O–H groups in total. The maximum atomic E-state index is 9.08. The van der Waals surface area contributed by atoms with Crippen LogP contribution in [0.1, 0.15) is 17.0 Å². The van der Waals surface area contributed by atoms with Crippen LogP contribution in [-0.4, -0.2) is 56.9 Å². The van der Waals surface area contributed by atoms with Gasteiger partial charge in [-0.3, -0.25) is 15.4 Å². The lowest BCUT2D eigenvalue weighted by Gasteiger charge is -2.60. The molecule has 2 fully saturated rings. The van der Waals surface area contributed by atoms with E-state index in [-0.39, 0.29) is 5.41 Å². The molecule has 32 heavy (non-hydrogen) atoms. The van der Waals surface area contributed by atoms with Crippen LogP contribution in [-0.2, 0) is 0 Å². The third-order valence-electron chi connectivity index (χ3n) is 5.67. The predicted molar refractivity (Wildman–Crippen MR) is 125 cm³/mol. The average Bonchev–Trinajstić information content (AvgIpc) is 2.79. The predicted octanol–water partition coefficient (Wildman–Crippen LogP) is 2.19. The number of hydrogen-bond donors (Lipinski definition) is 1. The smallest absolute Gasteiger partial charge is 0.189 e. The molecule has 1 spiro atoms. The van der Waals surface area contributed by atoms with Gasteiger partial charge in [-0.25, -0.2) is 4.98 Å². The highest BCUT2D eigenvalue weighted by atomic mass is 32.1. The highest BCUT2D eigenvalue weighted by molar-refractivity contribution is 7.80. The van der Waals surface area contributed by atoms with E-state index in [4.69, 9.17) is 17.5 Å². The molecule has 0 atom stereocenters. The molecule has 3 aromatic rings. The fourth-order valence-electron chi connectivity index (χ4n) is 4.12. The van der Waals surface area contributed by atoms with E-state index in [0.717, 1.165) is 43.4 Å². The summed E-state index contributed by atoms with van der Waals surface area (Å²) < 4.78 is 0.